The molecule has 0 heterocycles. The molecule has 0 aliphatic rings. The van der Waals surface area contributed by atoms with Crippen LogP contribution < -0.4 is 5.73 Å². The fraction of sp³-hybridized carbons (Fsp3) is 0.364. The van der Waals surface area contributed by atoms with Crippen molar-refractivity contribution in [2.45, 2.75) is 13.0 Å². The molecular weight excluding hydrogens is 249 g/mol. The van der Waals surface area contributed by atoms with E-state index in [4.69, 9.17) is 10.8 Å². The third-order valence-electron chi connectivity index (χ3n) is 2.69. The summed E-state index contributed by atoms with van der Waals surface area (Å²) in [6.07, 6.45) is 0. The summed E-state index contributed by atoms with van der Waals surface area (Å²) in [4.78, 5) is 12.9. The van der Waals surface area contributed by atoms with Crippen molar-refractivity contribution in [3.8, 4) is 5.75 Å². The first kappa shape index (κ1) is 14.3. The van der Waals surface area contributed by atoms with Gasteiger partial charge < -0.3 is 15.7 Å². The van der Waals surface area contributed by atoms with Crippen molar-refractivity contribution >= 4 is 5.91 Å². The maximum Gasteiger partial charge on any atom is 0.257 e. The minimum Gasteiger partial charge on any atom is -0.503 e. The Bertz CT molecular complexity index is 480. The van der Waals surface area contributed by atoms with Gasteiger partial charge in [-0.1, -0.05) is 0 Å². The highest BCUT2D eigenvalue weighted by molar-refractivity contribution is 5.95. The molecule has 1 unspecified atom stereocenters. The molecule has 1 aromatic rings. The van der Waals surface area contributed by atoms with E-state index in [-0.39, 0.29) is 6.54 Å². The highest BCUT2D eigenvalue weighted by Crippen LogP contribution is 2.26. The molecule has 0 spiro atoms. The lowest BCUT2D eigenvalue weighted by molar-refractivity contribution is 0.0741. The number of hydrogen-bond acceptors (Lipinski definition) is 3. The first-order valence-electron chi connectivity index (χ1n) is 5.14. The molecule has 0 bridgehead atoms. The number of phenolic OH excluding ortho intramolecular Hbond substituents is 1. The lowest BCUT2D eigenvalue weighted by atomic mass is 10.1. The summed E-state index contributed by atoms with van der Waals surface area (Å²) in [7, 11) is 1.34. The van der Waals surface area contributed by atoms with Gasteiger partial charge in [-0.25, -0.2) is 8.78 Å². The van der Waals surface area contributed by atoms with Crippen LogP contribution in [0.5, 0.6) is 5.75 Å². The molecule has 100 valence electrons. The van der Waals surface area contributed by atoms with Gasteiger partial charge in [0.05, 0.1) is 5.56 Å². The van der Waals surface area contributed by atoms with Crippen LogP contribution in [0.15, 0.2) is 6.07 Å². The molecule has 18 heavy (non-hydrogen) atoms. The average Bonchev–Trinajstić information content (AvgIpc) is 2.37. The fourth-order valence-corrected chi connectivity index (χ4v) is 1.29. The third-order valence-corrected chi connectivity index (χ3v) is 2.69. The second-order valence-corrected chi connectivity index (χ2v) is 3.88. The number of nitrogens with zero attached hydrogens (tertiary/aromatic N) is 1. The second-order valence-electron chi connectivity index (χ2n) is 3.88. The summed E-state index contributed by atoms with van der Waals surface area (Å²) in [6.45, 7) is 1.73. The van der Waals surface area contributed by atoms with E-state index < -0.39 is 40.7 Å². The van der Waals surface area contributed by atoms with Crippen LogP contribution in [-0.4, -0.2) is 35.5 Å². The Balaban J connectivity index is 3.22. The molecule has 0 saturated carbocycles. The van der Waals surface area contributed by atoms with Gasteiger partial charge in [-0.15, -0.1) is 0 Å². The number of carbonyl (C=O) groups is 1. The molecule has 1 amide bonds. The van der Waals surface area contributed by atoms with Crippen molar-refractivity contribution in [2.24, 2.45) is 5.73 Å². The molecule has 1 rings (SSSR count). The van der Waals surface area contributed by atoms with E-state index in [0.29, 0.717) is 6.07 Å². The van der Waals surface area contributed by atoms with Crippen LogP contribution >= 0.6 is 0 Å². The molecule has 0 fully saturated rings. The summed E-state index contributed by atoms with van der Waals surface area (Å²) in [5.41, 5.74) is 4.60. The van der Waals surface area contributed by atoms with Crippen LogP contribution in [-0.2, 0) is 0 Å². The van der Waals surface area contributed by atoms with Gasteiger partial charge in [0, 0.05) is 19.6 Å². The van der Waals surface area contributed by atoms with Crippen molar-refractivity contribution in [2.75, 3.05) is 13.6 Å². The SMILES string of the molecule is CC(CN)N(C)C(=O)c1cc(F)c(F)c(O)c1F. The number of hydrogen-bond donors (Lipinski definition) is 2. The zero-order valence-corrected chi connectivity index (χ0v) is 9.88. The zero-order valence-electron chi connectivity index (χ0n) is 9.88. The Morgan fingerprint density at radius 2 is 2.00 bits per heavy atom. The fourth-order valence-electron chi connectivity index (χ4n) is 1.29. The molecule has 1 atom stereocenters. The van der Waals surface area contributed by atoms with Crippen LogP contribution in [0.1, 0.15) is 17.3 Å². The number of likely N-dealkylation sites (N-methyl/N-ethyl adjacent to an activating group) is 1. The number of amides is 1. The number of halogens is 3. The summed E-state index contributed by atoms with van der Waals surface area (Å²) >= 11 is 0. The number of benzene rings is 1. The summed E-state index contributed by atoms with van der Waals surface area (Å²) < 4.78 is 39.4. The van der Waals surface area contributed by atoms with Crippen molar-refractivity contribution in [1.82, 2.24) is 4.90 Å². The molecule has 0 radical (unpaired) electrons. The first-order valence-corrected chi connectivity index (χ1v) is 5.14. The molecule has 7 heteroatoms. The molecule has 0 aliphatic carbocycles. The van der Waals surface area contributed by atoms with E-state index in [1.807, 2.05) is 0 Å². The van der Waals surface area contributed by atoms with E-state index >= 15 is 0 Å². The maximum atomic E-state index is 13.5. The standard InChI is InChI=1S/C11H13F3N2O2/c1-5(4-15)16(2)11(18)6-3-7(12)9(14)10(17)8(6)13/h3,5,17H,4,15H2,1-2H3. The van der Waals surface area contributed by atoms with Gasteiger partial charge in [-0.05, 0) is 13.0 Å². The van der Waals surface area contributed by atoms with E-state index in [0.717, 1.165) is 4.90 Å². The van der Waals surface area contributed by atoms with Crippen molar-refractivity contribution in [3.63, 3.8) is 0 Å². The highest BCUT2D eigenvalue weighted by atomic mass is 19.2. The van der Waals surface area contributed by atoms with E-state index in [2.05, 4.69) is 0 Å². The Hall–Kier alpha value is -1.76. The van der Waals surface area contributed by atoms with Gasteiger partial charge >= 0.3 is 0 Å². The Morgan fingerprint density at radius 3 is 2.50 bits per heavy atom. The maximum absolute atomic E-state index is 13.5. The molecule has 0 saturated heterocycles. The van der Waals surface area contributed by atoms with Crippen molar-refractivity contribution < 1.29 is 23.1 Å². The van der Waals surface area contributed by atoms with Crippen LogP contribution in [0.2, 0.25) is 0 Å². The van der Waals surface area contributed by atoms with Gasteiger partial charge in [-0.2, -0.15) is 4.39 Å². The Labute approximate surface area is 102 Å². The smallest absolute Gasteiger partial charge is 0.257 e. The lowest BCUT2D eigenvalue weighted by Gasteiger charge is -2.24. The first-order chi connectivity index (χ1) is 8.31. The van der Waals surface area contributed by atoms with Crippen LogP contribution in [0.4, 0.5) is 13.2 Å². The minimum atomic E-state index is -1.72. The van der Waals surface area contributed by atoms with E-state index in [1.165, 1.54) is 7.05 Å². The Morgan fingerprint density at radius 1 is 1.44 bits per heavy atom. The predicted molar refractivity (Wildman–Crippen MR) is 58.6 cm³/mol. The number of nitrogens with two attached hydrogens (primary N) is 1. The van der Waals surface area contributed by atoms with Gasteiger partial charge in [0.2, 0.25) is 5.82 Å². The molecule has 3 N–H and O–H groups in total. The lowest BCUT2D eigenvalue weighted by Crippen LogP contribution is -2.40. The van der Waals surface area contributed by atoms with Gasteiger partial charge in [0.1, 0.15) is 0 Å². The number of phenols is 1. The van der Waals surface area contributed by atoms with Crippen molar-refractivity contribution in [3.05, 3.63) is 29.1 Å². The summed E-state index contributed by atoms with van der Waals surface area (Å²) in [5.74, 6) is -7.11. The van der Waals surface area contributed by atoms with Crippen LogP contribution in [0.3, 0.4) is 0 Å². The number of carbonyl (C=O) groups excluding carboxylic acids is 1. The van der Waals surface area contributed by atoms with Gasteiger partial charge in [-0.3, -0.25) is 4.79 Å². The largest absolute Gasteiger partial charge is 0.503 e. The van der Waals surface area contributed by atoms with Crippen LogP contribution in [0.25, 0.3) is 0 Å². The van der Waals surface area contributed by atoms with Gasteiger partial charge in [0.25, 0.3) is 5.91 Å². The summed E-state index contributed by atoms with van der Waals surface area (Å²) in [5, 5.41) is 9.01. The van der Waals surface area contributed by atoms with Crippen molar-refractivity contribution in [1.29, 1.82) is 0 Å². The Kier molecular flexibility index (Phi) is 4.18. The monoisotopic (exact) mass is 262 g/mol. The molecular formula is C11H13F3N2O2. The molecule has 0 aromatic heterocycles. The van der Waals surface area contributed by atoms with E-state index in [1.54, 1.807) is 6.92 Å². The predicted octanol–water partition coefficient (Wildman–Crippen LogP) is 1.23. The molecule has 1 aromatic carbocycles. The number of rotatable bonds is 3. The average molecular weight is 262 g/mol. The minimum absolute atomic E-state index is 0.125. The normalized spacial score (nSPS) is 12.3. The molecule has 0 aliphatic heterocycles. The topological polar surface area (TPSA) is 66.6 Å². The third kappa shape index (κ3) is 2.40. The second kappa shape index (κ2) is 5.26. The molecule has 4 nitrogen and oxygen atoms in total. The highest BCUT2D eigenvalue weighted by Gasteiger charge is 2.25. The quantitative estimate of drug-likeness (QED) is 0.805. The zero-order chi connectivity index (χ0) is 14.0. The van der Waals surface area contributed by atoms with Crippen LogP contribution in [0, 0.1) is 17.5 Å². The number of aromatic hydroxyl groups is 1. The van der Waals surface area contributed by atoms with Gasteiger partial charge in [0.15, 0.2) is 17.4 Å². The van der Waals surface area contributed by atoms with E-state index in [9.17, 15) is 18.0 Å². The summed E-state index contributed by atoms with van der Waals surface area (Å²) in [6, 6.07) is -0.000856.